The Morgan fingerprint density at radius 2 is 1.58 bits per heavy atom. The van der Waals surface area contributed by atoms with Crippen molar-refractivity contribution in [3.05, 3.63) is 112 Å². The predicted molar refractivity (Wildman–Crippen MR) is 263 cm³/mol. The molecule has 6 rings (SSSR count). The summed E-state index contributed by atoms with van der Waals surface area (Å²) in [5, 5.41) is 50.3. The molecular weight excluding hydrogens is 937 g/mol. The van der Waals surface area contributed by atoms with Crippen LogP contribution in [0.25, 0.3) is 11.8 Å². The van der Waals surface area contributed by atoms with E-state index in [-0.39, 0.29) is 54.2 Å². The van der Waals surface area contributed by atoms with Crippen LogP contribution in [0.5, 0.6) is 23.0 Å². The number of hydrogen-bond donors (Lipinski definition) is 15. The number of thiol groups is 2. The number of carboxylic acids is 1. The van der Waals surface area contributed by atoms with Crippen molar-refractivity contribution in [2.75, 3.05) is 48.6 Å². The van der Waals surface area contributed by atoms with Crippen molar-refractivity contribution in [2.24, 2.45) is 22.3 Å². The number of anilines is 4. The highest BCUT2D eigenvalue weighted by atomic mass is 32.2. The number of aliphatic hydroxyl groups is 2. The van der Waals surface area contributed by atoms with E-state index in [2.05, 4.69) is 36.9 Å². The number of carbonyl (C=O) groups is 2. The highest BCUT2D eigenvalue weighted by Crippen LogP contribution is 2.37. The van der Waals surface area contributed by atoms with Crippen LogP contribution in [0.1, 0.15) is 22.3 Å². The van der Waals surface area contributed by atoms with Gasteiger partial charge in [0.25, 0.3) is 5.91 Å². The Balaban J connectivity index is 0.000000234. The van der Waals surface area contributed by atoms with Crippen LogP contribution in [0.3, 0.4) is 0 Å². The van der Waals surface area contributed by atoms with Crippen molar-refractivity contribution in [3.8, 4) is 23.0 Å². The maximum atomic E-state index is 11.7. The summed E-state index contributed by atoms with van der Waals surface area (Å²) in [7, 11) is 0. The number of fused-ring (bicyclic) bond motifs is 1. The number of nitrogens with zero attached hydrogens (tertiary/aromatic N) is 2. The summed E-state index contributed by atoms with van der Waals surface area (Å²) in [4.78, 5) is 24.3. The van der Waals surface area contributed by atoms with Crippen molar-refractivity contribution in [3.63, 3.8) is 0 Å². The Morgan fingerprint density at radius 3 is 2.06 bits per heavy atom. The minimum atomic E-state index is -2.17. The van der Waals surface area contributed by atoms with Gasteiger partial charge in [-0.15, -0.1) is 25.3 Å². The first-order valence-corrected chi connectivity index (χ1v) is 21.7. The zero-order valence-electron chi connectivity index (χ0n) is 35.1. The molecule has 0 bridgehead atoms. The number of aliphatic carboxylic acids is 1. The van der Waals surface area contributed by atoms with E-state index >= 15 is 0 Å². The van der Waals surface area contributed by atoms with Crippen LogP contribution in [0.4, 0.5) is 22.7 Å². The Bertz CT molecular complexity index is 2520. The van der Waals surface area contributed by atoms with Gasteiger partial charge in [0.1, 0.15) is 42.3 Å². The molecule has 1 amide bonds. The number of carbonyl (C=O) groups excluding carboxylic acids is 1. The van der Waals surface area contributed by atoms with Crippen LogP contribution in [-0.2, 0) is 27.1 Å². The molecule has 0 aromatic heterocycles. The molecule has 24 heteroatoms. The second-order valence-corrected chi connectivity index (χ2v) is 16.2. The molecule has 1 aliphatic heterocycles. The van der Waals surface area contributed by atoms with Crippen LogP contribution >= 0.6 is 37.3 Å². The van der Waals surface area contributed by atoms with Crippen LogP contribution in [0.2, 0.25) is 0 Å². The summed E-state index contributed by atoms with van der Waals surface area (Å²) >= 11 is 6.71. The number of carboxylic acid groups (broad SMARTS) is 1. The quantitative estimate of drug-likeness (QED) is 0.0240. The summed E-state index contributed by atoms with van der Waals surface area (Å²) in [6.45, 7) is 5.27. The molecule has 0 fully saturated rings. The monoisotopic (exact) mass is 986 g/mol. The molecule has 0 saturated heterocycles. The van der Waals surface area contributed by atoms with Crippen molar-refractivity contribution in [1.82, 2.24) is 0 Å². The molecule has 0 radical (unpaired) electrons. The molecule has 4 aromatic carbocycles. The van der Waals surface area contributed by atoms with Gasteiger partial charge in [0.05, 0.1) is 40.9 Å². The van der Waals surface area contributed by atoms with Gasteiger partial charge in [-0.1, -0.05) is 12.7 Å². The van der Waals surface area contributed by atoms with E-state index in [0.29, 0.717) is 78.7 Å². The van der Waals surface area contributed by atoms with E-state index < -0.39 is 29.0 Å². The number of benzene rings is 4. The molecule has 19 N–H and O–H groups in total. The van der Waals surface area contributed by atoms with Gasteiger partial charge in [0.2, 0.25) is 0 Å². The Labute approximate surface area is 396 Å². The van der Waals surface area contributed by atoms with Crippen molar-refractivity contribution in [2.45, 2.75) is 34.1 Å². The lowest BCUT2D eigenvalue weighted by atomic mass is 10.0. The highest BCUT2D eigenvalue weighted by Gasteiger charge is 2.37. The second-order valence-electron chi connectivity index (χ2n) is 13.5. The van der Waals surface area contributed by atoms with Gasteiger partial charge in [-0.05, 0) is 85.2 Å². The van der Waals surface area contributed by atoms with E-state index in [9.17, 15) is 24.0 Å². The molecule has 0 spiro atoms. The van der Waals surface area contributed by atoms with Gasteiger partial charge in [-0.25, -0.2) is 9.00 Å². The number of phenols is 2. The third-order valence-corrected chi connectivity index (χ3v) is 10.4. The fourth-order valence-corrected chi connectivity index (χ4v) is 6.71. The minimum Gasteiger partial charge on any atom is -0.507 e. The first-order chi connectivity index (χ1) is 31.1. The molecule has 2 atom stereocenters. The summed E-state index contributed by atoms with van der Waals surface area (Å²) in [6, 6.07) is 13.0. The number of aryl methyl sites for hydroxylation is 1. The highest BCUT2D eigenvalue weighted by molar-refractivity contribution is 7.93. The zero-order valence-corrected chi connectivity index (χ0v) is 38.5. The number of amides is 1. The number of phenolic OH excluding ortho intramolecular Hbond substituents is 2. The first-order valence-electron chi connectivity index (χ1n) is 18.9. The largest absolute Gasteiger partial charge is 0.507 e. The molecule has 354 valence electrons. The van der Waals surface area contributed by atoms with Gasteiger partial charge in [0, 0.05) is 61.4 Å². The average molecular weight is 987 g/mol. The second kappa shape index (κ2) is 25.4. The number of rotatable bonds is 12. The lowest BCUT2D eigenvalue weighted by Crippen LogP contribution is -2.41. The smallest absolute Gasteiger partial charge is 0.354 e. The normalized spacial score (nSPS) is 14.4. The number of aliphatic hydroxyl groups excluding tert-OH is 2. The maximum absolute atomic E-state index is 11.7. The number of aromatic hydroxyl groups is 2. The molecule has 2 unspecified atom stereocenters. The van der Waals surface area contributed by atoms with Gasteiger partial charge in [-0.2, -0.15) is 10.1 Å². The van der Waals surface area contributed by atoms with Crippen LogP contribution in [0, 0.1) is 6.92 Å². The summed E-state index contributed by atoms with van der Waals surface area (Å²) in [5.41, 5.74) is 38.7. The van der Waals surface area contributed by atoms with E-state index in [4.69, 9.17) is 68.3 Å². The number of nitrogen functional groups attached to an aromatic ring is 3. The van der Waals surface area contributed by atoms with Gasteiger partial charge in [-0.3, -0.25) is 4.79 Å². The Hall–Kier alpha value is -6.35. The number of ether oxygens (including phenoxy) is 2. The zero-order chi connectivity index (χ0) is 49.4. The first kappa shape index (κ1) is 54.0. The standard InChI is InChI=1S/C11H12N2OS.C11H13NO3S2.C10H9N3O4S.C10H16N2O4/c12-7-2-1-3-8-6(4-7)5-9(15)10(13)11(8)14;1-6-3-8(16)5-10(13)11(6)9(12)4-7(2)17(14)15;11-7-8(10(15)16)12-13(9(7)14)5-1-3-6(18-17)4-2-5;11-7-6-10(16-4-2-14)8(12)5-9(7)15-3-1-13/h1-2,4-5,14-15H,3,12-13H2;3-5,13,16H,2,12H2,1H3,(H,14,15);1-4,7,17H,11H2,(H,15,16);5-6,13-14H,1-4,11-12H2/b;9-4+;;. The Morgan fingerprint density at radius 1 is 1.00 bits per heavy atom. The number of hydrogen-bond acceptors (Lipinski definition) is 20. The van der Waals surface area contributed by atoms with Crippen molar-refractivity contribution >= 4 is 100 Å². The van der Waals surface area contributed by atoms with Crippen molar-refractivity contribution < 1.29 is 57.9 Å². The van der Waals surface area contributed by atoms with E-state index in [1.165, 1.54) is 36.4 Å². The molecule has 20 nitrogen and oxygen atoms in total. The third kappa shape index (κ3) is 14.8. The van der Waals surface area contributed by atoms with E-state index in [0.717, 1.165) is 21.7 Å². The molecular formula is C42H50N8O12S4. The van der Waals surface area contributed by atoms with Gasteiger partial charge in [0.15, 0.2) is 16.8 Å². The van der Waals surface area contributed by atoms with E-state index in [1.54, 1.807) is 31.2 Å². The third-order valence-electron chi connectivity index (χ3n) is 8.76. The van der Waals surface area contributed by atoms with Gasteiger partial charge < -0.3 is 78.5 Å². The molecule has 1 aliphatic carbocycles. The topological polar surface area (TPSA) is 383 Å². The fraction of sp³-hybridized carbons (Fsp3) is 0.167. The van der Waals surface area contributed by atoms with Crippen LogP contribution < -0.4 is 48.9 Å². The number of hydrazone groups is 1. The number of allylic oxidation sites excluding steroid dienone is 3. The summed E-state index contributed by atoms with van der Waals surface area (Å²) in [6.07, 6.45) is 7.40. The molecule has 2 aliphatic rings. The Kier molecular flexibility index (Phi) is 20.8. The average Bonchev–Trinajstić information content (AvgIpc) is 3.43. The summed E-state index contributed by atoms with van der Waals surface area (Å²) < 4.78 is 38.7. The molecule has 0 saturated carbocycles. The molecule has 1 heterocycles. The summed E-state index contributed by atoms with van der Waals surface area (Å²) in [5.74, 6) is -1.03. The SMILES string of the molecule is C=C(/C=C(/N)c1c(C)cc(S)cc1O)S(=O)O.NC1=Cc2cc(S)c(N)c(O)c2CC=C1.NC1C(=O)N(c2ccc(SO)cc2)N=C1C(=O)O.Nc1cc(OCCO)c(N)cc1OCCO. The van der Waals surface area contributed by atoms with Gasteiger partial charge >= 0.3 is 5.97 Å². The minimum absolute atomic E-state index is 0.0275. The van der Waals surface area contributed by atoms with E-state index in [1.807, 2.05) is 18.2 Å². The predicted octanol–water partition coefficient (Wildman–Crippen LogP) is 3.66. The molecule has 66 heavy (non-hydrogen) atoms. The number of nitrogens with two attached hydrogens (primary N) is 6. The lowest BCUT2D eigenvalue weighted by molar-refractivity contribution is -0.130. The fourth-order valence-electron chi connectivity index (χ4n) is 5.67. The lowest BCUT2D eigenvalue weighted by Gasteiger charge is -2.12. The maximum Gasteiger partial charge on any atom is 0.354 e. The molecule has 4 aromatic rings. The van der Waals surface area contributed by atoms with Crippen LogP contribution in [0.15, 0.2) is 110 Å². The van der Waals surface area contributed by atoms with Crippen LogP contribution in [-0.4, -0.2) is 88.9 Å². The van der Waals surface area contributed by atoms with Crippen molar-refractivity contribution in [1.29, 1.82) is 0 Å².